The van der Waals surface area contributed by atoms with Crippen LogP contribution in [0.15, 0.2) is 30.3 Å². The van der Waals surface area contributed by atoms with Crippen molar-refractivity contribution in [3.8, 4) is 0 Å². The Morgan fingerprint density at radius 3 is 2.75 bits per heavy atom. The first-order valence-corrected chi connectivity index (χ1v) is 8.45. The first-order chi connectivity index (χ1) is 9.46. The molecule has 7 heteroatoms. The summed E-state index contributed by atoms with van der Waals surface area (Å²) in [5, 5.41) is 0. The van der Waals surface area contributed by atoms with Gasteiger partial charge in [-0.05, 0) is 12.1 Å². The van der Waals surface area contributed by atoms with Crippen molar-refractivity contribution in [3.63, 3.8) is 0 Å². The second-order valence-electron chi connectivity index (χ2n) is 5.04. The topological polar surface area (TPSA) is 58.6 Å². The summed E-state index contributed by atoms with van der Waals surface area (Å²) in [5.74, 6) is 0.0398. The quantitative estimate of drug-likeness (QED) is 0.801. The molecule has 1 fully saturated rings. The van der Waals surface area contributed by atoms with E-state index in [9.17, 15) is 8.42 Å². The Morgan fingerprint density at radius 1 is 1.40 bits per heavy atom. The van der Waals surface area contributed by atoms with Crippen LogP contribution in [0.25, 0.3) is 0 Å². The molecule has 2 rings (SSSR count). The van der Waals surface area contributed by atoms with E-state index in [1.807, 2.05) is 30.3 Å². The minimum atomic E-state index is -3.23. The van der Waals surface area contributed by atoms with Crippen LogP contribution >= 0.6 is 0 Å². The van der Waals surface area contributed by atoms with Crippen LogP contribution in [0.1, 0.15) is 11.5 Å². The highest BCUT2D eigenvalue weighted by atomic mass is 32.2. The number of rotatable bonds is 4. The molecule has 0 bridgehead atoms. The highest BCUT2D eigenvalue weighted by Crippen LogP contribution is 2.24. The fourth-order valence-corrected chi connectivity index (χ4v) is 2.82. The maximum absolute atomic E-state index is 11.3. The maximum atomic E-state index is 11.3. The fourth-order valence-electron chi connectivity index (χ4n) is 2.35. The van der Waals surface area contributed by atoms with Gasteiger partial charge in [0.1, 0.15) is 0 Å². The van der Waals surface area contributed by atoms with Gasteiger partial charge in [0.25, 0.3) is 0 Å². The van der Waals surface area contributed by atoms with E-state index in [4.69, 9.17) is 12.7 Å². The van der Waals surface area contributed by atoms with Crippen molar-refractivity contribution in [3.05, 3.63) is 35.9 Å². The van der Waals surface area contributed by atoms with Gasteiger partial charge in [-0.3, -0.25) is 0 Å². The Balaban J connectivity index is 2.16. The van der Waals surface area contributed by atoms with Gasteiger partial charge in [0, 0.05) is 19.0 Å². The largest absolute Gasteiger partial charge is 0.375 e. The molecule has 0 saturated carbocycles. The molecule has 20 heavy (non-hydrogen) atoms. The molecule has 1 aromatic rings. The minimum absolute atomic E-state index is 0.0398. The van der Waals surface area contributed by atoms with Crippen molar-refractivity contribution in [2.75, 3.05) is 32.5 Å². The third kappa shape index (κ3) is 4.59. The van der Waals surface area contributed by atoms with Crippen molar-refractivity contribution >= 4 is 18.0 Å². The van der Waals surface area contributed by atoms with Gasteiger partial charge in [0.15, 0.2) is 7.98 Å². The Bertz CT molecular complexity index is 524. The van der Waals surface area contributed by atoms with Gasteiger partial charge in [-0.15, -0.1) is 0 Å². The second-order valence-corrected chi connectivity index (χ2v) is 6.87. The predicted octanol–water partition coefficient (Wildman–Crippen LogP) is 0.104. The zero-order valence-electron chi connectivity index (χ0n) is 11.5. The third-order valence-corrected chi connectivity index (χ3v) is 4.06. The van der Waals surface area contributed by atoms with Gasteiger partial charge in [-0.2, -0.15) is 0 Å². The summed E-state index contributed by atoms with van der Waals surface area (Å²) in [6, 6.07) is 9.90. The van der Waals surface area contributed by atoms with Gasteiger partial charge in [-0.25, -0.2) is 13.1 Å². The van der Waals surface area contributed by atoms with Crippen LogP contribution in [0.2, 0.25) is 0 Å². The van der Waals surface area contributed by atoms with E-state index in [0.717, 1.165) is 11.8 Å². The number of nitrogens with one attached hydrogen (secondary N) is 1. The van der Waals surface area contributed by atoms with Crippen LogP contribution in [0, 0.1) is 0 Å². The maximum Gasteiger partial charge on any atom is 0.208 e. The monoisotopic (exact) mass is 294 g/mol. The van der Waals surface area contributed by atoms with Gasteiger partial charge in [0.05, 0.1) is 19.0 Å². The lowest BCUT2D eigenvalue weighted by Crippen LogP contribution is -2.38. The molecule has 1 aliphatic rings. The van der Waals surface area contributed by atoms with E-state index in [-0.39, 0.29) is 18.6 Å². The van der Waals surface area contributed by atoms with Crippen LogP contribution in [-0.2, 0) is 14.8 Å². The molecule has 0 amide bonds. The predicted molar refractivity (Wildman–Crippen MR) is 79.1 cm³/mol. The third-order valence-electron chi connectivity index (χ3n) is 3.36. The fraction of sp³-hybridized carbons (Fsp3) is 0.538. The average Bonchev–Trinajstić information content (AvgIpc) is 2.58. The molecule has 0 spiro atoms. The van der Waals surface area contributed by atoms with Crippen molar-refractivity contribution in [2.45, 2.75) is 12.0 Å². The molecular weight excluding hydrogens is 275 g/mol. The van der Waals surface area contributed by atoms with E-state index >= 15 is 0 Å². The molecule has 1 saturated heterocycles. The lowest BCUT2D eigenvalue weighted by atomic mass is 9.92. The average molecular weight is 294 g/mol. The first kappa shape index (κ1) is 15.5. The molecule has 0 aromatic heterocycles. The number of ether oxygens (including phenoxy) is 1. The Hall–Kier alpha value is -0.885. The SMILES string of the molecule is [B]N1CCO[C@H](CNS(C)(=O)=O)C(c2ccccc2)C1. The summed E-state index contributed by atoms with van der Waals surface area (Å²) in [6.07, 6.45) is 0.928. The number of benzene rings is 1. The summed E-state index contributed by atoms with van der Waals surface area (Å²) in [6.45, 7) is 2.03. The van der Waals surface area contributed by atoms with E-state index in [0.29, 0.717) is 19.7 Å². The Morgan fingerprint density at radius 2 is 2.10 bits per heavy atom. The Kier molecular flexibility index (Phi) is 5.20. The lowest BCUT2D eigenvalue weighted by Gasteiger charge is -2.27. The van der Waals surface area contributed by atoms with Crippen LogP contribution in [-0.4, -0.2) is 59.8 Å². The molecule has 5 nitrogen and oxygen atoms in total. The van der Waals surface area contributed by atoms with E-state index < -0.39 is 10.0 Å². The van der Waals surface area contributed by atoms with Gasteiger partial charge in [-0.1, -0.05) is 30.3 Å². The number of hydrogen-bond acceptors (Lipinski definition) is 4. The lowest BCUT2D eigenvalue weighted by molar-refractivity contribution is 0.0555. The normalized spacial score (nSPS) is 25.2. The zero-order chi connectivity index (χ0) is 14.6. The molecule has 2 atom stereocenters. The van der Waals surface area contributed by atoms with Crippen molar-refractivity contribution in [1.82, 2.24) is 9.53 Å². The van der Waals surface area contributed by atoms with Crippen LogP contribution < -0.4 is 4.72 Å². The summed E-state index contributed by atoms with van der Waals surface area (Å²) in [4.78, 5) is 1.72. The summed E-state index contributed by atoms with van der Waals surface area (Å²) < 4.78 is 30.8. The van der Waals surface area contributed by atoms with Crippen molar-refractivity contribution in [1.29, 1.82) is 0 Å². The Labute approximate surface area is 121 Å². The van der Waals surface area contributed by atoms with Gasteiger partial charge in [0.2, 0.25) is 10.0 Å². The van der Waals surface area contributed by atoms with Gasteiger partial charge < -0.3 is 9.55 Å². The minimum Gasteiger partial charge on any atom is -0.375 e. The molecule has 1 aromatic carbocycles. The van der Waals surface area contributed by atoms with Gasteiger partial charge >= 0.3 is 0 Å². The van der Waals surface area contributed by atoms with Crippen molar-refractivity contribution < 1.29 is 13.2 Å². The van der Waals surface area contributed by atoms with E-state index in [1.165, 1.54) is 0 Å². The molecule has 108 valence electrons. The zero-order valence-corrected chi connectivity index (χ0v) is 12.3. The molecule has 1 heterocycles. The standard InChI is InChI=1S/C13H19BN2O3S/c1-20(17,18)15-9-13-12(10-16(14)7-8-19-13)11-5-3-2-4-6-11/h2-6,12-13,15H,7-10H2,1H3/t12?,13-/m1/s1. The van der Waals surface area contributed by atoms with Crippen LogP contribution in [0.4, 0.5) is 0 Å². The first-order valence-electron chi connectivity index (χ1n) is 6.56. The molecule has 0 aliphatic carbocycles. The van der Waals surface area contributed by atoms with E-state index in [1.54, 1.807) is 4.81 Å². The number of nitrogens with zero attached hydrogens (tertiary/aromatic N) is 1. The number of sulfonamides is 1. The molecule has 1 unspecified atom stereocenters. The van der Waals surface area contributed by atoms with Crippen LogP contribution in [0.5, 0.6) is 0 Å². The molecule has 1 N–H and O–H groups in total. The van der Waals surface area contributed by atoms with E-state index in [2.05, 4.69) is 4.72 Å². The molecule has 1 aliphatic heterocycles. The molecule has 2 radical (unpaired) electrons. The van der Waals surface area contributed by atoms with Crippen molar-refractivity contribution in [2.24, 2.45) is 0 Å². The summed E-state index contributed by atoms with van der Waals surface area (Å²) >= 11 is 0. The summed E-state index contributed by atoms with van der Waals surface area (Å²) in [7, 11) is 2.69. The summed E-state index contributed by atoms with van der Waals surface area (Å²) in [5.41, 5.74) is 1.10. The second kappa shape index (κ2) is 6.71. The highest BCUT2D eigenvalue weighted by molar-refractivity contribution is 7.88. The smallest absolute Gasteiger partial charge is 0.208 e. The van der Waals surface area contributed by atoms with Crippen LogP contribution in [0.3, 0.4) is 0 Å². The number of hydrogen-bond donors (Lipinski definition) is 1. The molecular formula is C13H19BN2O3S. The highest BCUT2D eigenvalue weighted by Gasteiger charge is 2.28.